The van der Waals surface area contributed by atoms with Gasteiger partial charge >= 0.3 is 0 Å². The lowest BCUT2D eigenvalue weighted by Gasteiger charge is -2.30. The van der Waals surface area contributed by atoms with Gasteiger partial charge in [-0.25, -0.2) is 13.4 Å². The third kappa shape index (κ3) is 7.85. The van der Waals surface area contributed by atoms with Gasteiger partial charge in [0.2, 0.25) is 11.8 Å². The molecule has 12 heteroatoms. The van der Waals surface area contributed by atoms with E-state index < -0.39 is 28.1 Å². The van der Waals surface area contributed by atoms with Gasteiger partial charge in [0.1, 0.15) is 0 Å². The molecule has 0 spiro atoms. The fraction of sp³-hybridized carbons (Fsp3) is 0.542. The monoisotopic (exact) mass is 521 g/mol. The zero-order valence-corrected chi connectivity index (χ0v) is 21.5. The number of aromatic nitrogens is 2. The van der Waals surface area contributed by atoms with Crippen molar-refractivity contribution in [2.75, 3.05) is 26.7 Å². The summed E-state index contributed by atoms with van der Waals surface area (Å²) in [7, 11) is -0.858. The number of rotatable bonds is 13. The number of hydrogen-bond acceptors (Lipinski definition) is 7. The highest BCUT2D eigenvalue weighted by atomic mass is 32.2. The summed E-state index contributed by atoms with van der Waals surface area (Å²) in [6, 6.07) is 8.51. The summed E-state index contributed by atoms with van der Waals surface area (Å²) in [6.45, 7) is 0.368. The van der Waals surface area contributed by atoms with Gasteiger partial charge in [-0.3, -0.25) is 9.59 Å². The number of nitrogens with zero attached hydrogens (tertiary/aromatic N) is 3. The average molecular weight is 522 g/mol. The van der Waals surface area contributed by atoms with Gasteiger partial charge < -0.3 is 25.0 Å². The first kappa shape index (κ1) is 27.8. The van der Waals surface area contributed by atoms with E-state index in [1.807, 2.05) is 30.3 Å². The van der Waals surface area contributed by atoms with E-state index in [2.05, 4.69) is 15.6 Å². The van der Waals surface area contributed by atoms with Crippen LogP contribution in [0.15, 0.2) is 47.9 Å². The summed E-state index contributed by atoms with van der Waals surface area (Å²) in [6.07, 6.45) is 3.09. The number of aryl methyl sites for hydroxylation is 1. The number of nitrogens with one attached hydrogen (secondary N) is 2. The molecule has 2 aromatic rings. The van der Waals surface area contributed by atoms with E-state index in [0.29, 0.717) is 13.0 Å². The van der Waals surface area contributed by atoms with Crippen LogP contribution in [-0.2, 0) is 37.8 Å². The van der Waals surface area contributed by atoms with Crippen LogP contribution in [0.2, 0.25) is 0 Å². The molecule has 1 aliphatic heterocycles. The van der Waals surface area contributed by atoms with Crippen molar-refractivity contribution in [3.05, 3.63) is 48.4 Å². The number of imidazole rings is 1. The third-order valence-corrected chi connectivity index (χ3v) is 7.79. The molecule has 1 aromatic heterocycles. The van der Waals surface area contributed by atoms with E-state index in [9.17, 15) is 23.1 Å². The number of sulfonamides is 1. The molecule has 198 valence electrons. The van der Waals surface area contributed by atoms with Gasteiger partial charge in [-0.2, -0.15) is 4.31 Å². The first-order chi connectivity index (χ1) is 17.2. The molecule has 3 rings (SSSR count). The number of carbonyl (C=O) groups excluding carboxylic acids is 2. The molecule has 0 radical (unpaired) electrons. The second-order valence-electron chi connectivity index (χ2n) is 8.94. The molecule has 2 amide bonds. The van der Waals surface area contributed by atoms with Crippen molar-refractivity contribution in [3.8, 4) is 0 Å². The minimum Gasteiger partial charge on any atom is -0.390 e. The molecular weight excluding hydrogens is 486 g/mol. The Morgan fingerprint density at radius 1 is 1.25 bits per heavy atom. The van der Waals surface area contributed by atoms with Crippen molar-refractivity contribution in [3.63, 3.8) is 0 Å². The largest absolute Gasteiger partial charge is 0.390 e. The maximum absolute atomic E-state index is 13.4. The number of ether oxygens (including phenoxy) is 1. The Hall–Kier alpha value is -2.80. The van der Waals surface area contributed by atoms with Crippen LogP contribution in [0.5, 0.6) is 0 Å². The zero-order valence-electron chi connectivity index (χ0n) is 20.7. The lowest BCUT2D eigenvalue weighted by atomic mass is 10.0. The van der Waals surface area contributed by atoms with E-state index in [1.54, 1.807) is 11.6 Å². The normalized spacial score (nSPS) is 17.6. The van der Waals surface area contributed by atoms with Crippen LogP contribution < -0.4 is 10.6 Å². The minimum atomic E-state index is -4.03. The highest BCUT2D eigenvalue weighted by molar-refractivity contribution is 7.89. The first-order valence-corrected chi connectivity index (χ1v) is 13.4. The Balaban J connectivity index is 1.80. The van der Waals surface area contributed by atoms with Gasteiger partial charge in [-0.15, -0.1) is 0 Å². The molecule has 1 saturated heterocycles. The van der Waals surface area contributed by atoms with Gasteiger partial charge in [0.05, 0.1) is 24.6 Å². The molecule has 3 unspecified atom stereocenters. The van der Waals surface area contributed by atoms with E-state index >= 15 is 0 Å². The Labute approximate surface area is 211 Å². The number of carbonyl (C=O) groups is 2. The topological polar surface area (TPSA) is 143 Å². The molecule has 1 aromatic carbocycles. The minimum absolute atomic E-state index is 0.00961. The second-order valence-corrected chi connectivity index (χ2v) is 10.8. The van der Waals surface area contributed by atoms with E-state index in [-0.39, 0.29) is 49.4 Å². The van der Waals surface area contributed by atoms with E-state index in [1.165, 1.54) is 23.9 Å². The second kappa shape index (κ2) is 12.9. The maximum atomic E-state index is 13.4. The fourth-order valence-corrected chi connectivity index (χ4v) is 5.51. The SMILES string of the molecule is CNC(=O)CCC(=O)NC(Cc1ccccc1)C(O)CN(CC1CCCO1)S(=O)(=O)c1cn(C)cn1. The molecule has 3 atom stereocenters. The molecule has 1 fully saturated rings. The number of aliphatic hydroxyl groups is 1. The van der Waals surface area contributed by atoms with Gasteiger partial charge in [-0.05, 0) is 24.8 Å². The van der Waals surface area contributed by atoms with Crippen molar-refractivity contribution in [1.29, 1.82) is 0 Å². The van der Waals surface area contributed by atoms with Gasteiger partial charge in [0.25, 0.3) is 10.0 Å². The standard InChI is InChI=1S/C24H35N5O6S/c1-25-22(31)10-11-23(32)27-20(13-18-7-4-3-5-8-18)21(30)15-29(14-19-9-6-12-35-19)36(33,34)24-16-28(2)17-26-24/h3-5,7-8,16-17,19-21,30H,6,9-15H2,1-2H3,(H,25,31)(H,27,32). The van der Waals surface area contributed by atoms with Crippen LogP contribution in [0, 0.1) is 0 Å². The quantitative estimate of drug-likeness (QED) is 0.342. The molecule has 3 N–H and O–H groups in total. The van der Waals surface area contributed by atoms with Crippen LogP contribution >= 0.6 is 0 Å². The number of aliphatic hydroxyl groups excluding tert-OH is 1. The van der Waals surface area contributed by atoms with Crippen LogP contribution in [-0.4, -0.2) is 84.2 Å². The summed E-state index contributed by atoms with van der Waals surface area (Å²) in [5, 5.41) is 16.4. The first-order valence-electron chi connectivity index (χ1n) is 12.0. The lowest BCUT2D eigenvalue weighted by Crippen LogP contribution is -2.51. The van der Waals surface area contributed by atoms with Crippen molar-refractivity contribution in [2.45, 2.75) is 55.4 Å². The van der Waals surface area contributed by atoms with Crippen LogP contribution in [0.25, 0.3) is 0 Å². The molecule has 0 aliphatic carbocycles. The van der Waals surface area contributed by atoms with Crippen molar-refractivity contribution in [1.82, 2.24) is 24.5 Å². The molecular formula is C24H35N5O6S. The highest BCUT2D eigenvalue weighted by Crippen LogP contribution is 2.20. The Bertz CT molecular complexity index is 1100. The van der Waals surface area contributed by atoms with Crippen LogP contribution in [0.1, 0.15) is 31.2 Å². The molecule has 0 saturated carbocycles. The summed E-state index contributed by atoms with van der Waals surface area (Å²) in [5.74, 6) is -0.675. The third-order valence-electron chi connectivity index (χ3n) is 6.07. The van der Waals surface area contributed by atoms with Gasteiger partial charge in [0, 0.05) is 52.8 Å². The molecule has 1 aliphatic rings. The summed E-state index contributed by atoms with van der Waals surface area (Å²) >= 11 is 0. The van der Waals surface area contributed by atoms with E-state index in [0.717, 1.165) is 12.0 Å². The summed E-state index contributed by atoms with van der Waals surface area (Å²) in [4.78, 5) is 28.1. The van der Waals surface area contributed by atoms with Crippen LogP contribution in [0.3, 0.4) is 0 Å². The van der Waals surface area contributed by atoms with Crippen molar-refractivity contribution < 1.29 is 27.9 Å². The fourth-order valence-electron chi connectivity index (χ4n) is 4.06. The molecule has 2 heterocycles. The van der Waals surface area contributed by atoms with Gasteiger partial charge in [0.15, 0.2) is 5.03 Å². The number of amides is 2. The number of benzene rings is 1. The van der Waals surface area contributed by atoms with Gasteiger partial charge in [-0.1, -0.05) is 30.3 Å². The molecule has 0 bridgehead atoms. The predicted octanol–water partition coefficient (Wildman–Crippen LogP) is 0.204. The Morgan fingerprint density at radius 3 is 2.58 bits per heavy atom. The smallest absolute Gasteiger partial charge is 0.262 e. The van der Waals surface area contributed by atoms with Crippen molar-refractivity contribution >= 4 is 21.8 Å². The predicted molar refractivity (Wildman–Crippen MR) is 132 cm³/mol. The molecule has 11 nitrogen and oxygen atoms in total. The molecule has 36 heavy (non-hydrogen) atoms. The Morgan fingerprint density at radius 2 is 1.97 bits per heavy atom. The maximum Gasteiger partial charge on any atom is 0.262 e. The average Bonchev–Trinajstić information content (AvgIpc) is 3.54. The summed E-state index contributed by atoms with van der Waals surface area (Å²) in [5.41, 5.74) is 0.867. The highest BCUT2D eigenvalue weighted by Gasteiger charge is 2.34. The van der Waals surface area contributed by atoms with E-state index in [4.69, 9.17) is 4.74 Å². The Kier molecular flexibility index (Phi) is 9.99. The summed E-state index contributed by atoms with van der Waals surface area (Å²) < 4.78 is 35.3. The van der Waals surface area contributed by atoms with Crippen LogP contribution in [0.4, 0.5) is 0 Å². The van der Waals surface area contributed by atoms with Crippen molar-refractivity contribution in [2.24, 2.45) is 7.05 Å². The zero-order chi connectivity index (χ0) is 26.1. The lowest BCUT2D eigenvalue weighted by molar-refractivity contribution is -0.127. The number of hydrogen-bond donors (Lipinski definition) is 3.